The zero-order valence-electron chi connectivity index (χ0n) is 23.9. The van der Waals surface area contributed by atoms with Gasteiger partial charge in [-0.3, -0.25) is 9.59 Å². The summed E-state index contributed by atoms with van der Waals surface area (Å²) in [6.45, 7) is 5.11. The summed E-state index contributed by atoms with van der Waals surface area (Å²) < 4.78 is 10.5. The minimum Gasteiger partial charge on any atom is -0.508 e. The maximum atomic E-state index is 13.2. The van der Waals surface area contributed by atoms with E-state index in [-0.39, 0.29) is 37.5 Å². The summed E-state index contributed by atoms with van der Waals surface area (Å²) in [5.41, 5.74) is 1.45. The quantitative estimate of drug-likeness (QED) is 0.272. The Morgan fingerprint density at radius 3 is 2.27 bits per heavy atom. The Labute approximate surface area is 240 Å². The average Bonchev–Trinajstić information content (AvgIpc) is 3.45. The predicted molar refractivity (Wildman–Crippen MR) is 151 cm³/mol. The molecule has 1 fully saturated rings. The van der Waals surface area contributed by atoms with Crippen molar-refractivity contribution in [3.8, 4) is 5.75 Å². The van der Waals surface area contributed by atoms with Crippen molar-refractivity contribution in [2.75, 3.05) is 0 Å². The molecule has 10 nitrogen and oxygen atoms in total. The van der Waals surface area contributed by atoms with Crippen LogP contribution in [0.3, 0.4) is 0 Å². The molecule has 4 N–H and O–H groups in total. The van der Waals surface area contributed by atoms with Crippen LogP contribution in [0.15, 0.2) is 48.5 Å². The van der Waals surface area contributed by atoms with Gasteiger partial charge in [-0.25, -0.2) is 9.59 Å². The largest absolute Gasteiger partial charge is 0.508 e. The third-order valence-electron chi connectivity index (χ3n) is 6.82. The number of aliphatic carboxylic acids is 1. The number of esters is 1. The van der Waals surface area contributed by atoms with Gasteiger partial charge in [0.2, 0.25) is 5.91 Å². The molecule has 1 aliphatic rings. The first-order valence-corrected chi connectivity index (χ1v) is 14.0. The Hall–Kier alpha value is -4.08. The number of alkyl carbamates (subject to hydrolysis) is 1. The SMILES string of the molecule is CC(C)(C)OC(=O)CC[C@H](NC(=O)OCc1ccccc1)C(=O)N[C@@H](Cc1ccc(O)c(C2CCCC2)c1)C(=O)O. The Kier molecular flexibility index (Phi) is 11.1. The molecule has 0 saturated heterocycles. The van der Waals surface area contributed by atoms with Gasteiger partial charge in [0.05, 0.1) is 0 Å². The standard InChI is InChI=1S/C31H40N2O8/c1-31(2,3)41-27(35)16-14-24(33-30(39)40-19-20-9-5-4-6-10-20)28(36)32-25(29(37)38)18-21-13-15-26(34)23(17-21)22-11-7-8-12-22/h4-6,9-10,13,15,17,22,24-25,34H,7-8,11-12,14,16,18-19H2,1-3H3,(H,32,36)(H,33,39)(H,37,38)/t24-,25-/m0/s1. The molecule has 0 heterocycles. The molecule has 10 heteroatoms. The number of phenols is 1. The molecule has 1 saturated carbocycles. The summed E-state index contributed by atoms with van der Waals surface area (Å²) in [7, 11) is 0. The predicted octanol–water partition coefficient (Wildman–Crippen LogP) is 4.58. The molecule has 0 aliphatic heterocycles. The van der Waals surface area contributed by atoms with Crippen molar-refractivity contribution < 1.29 is 38.9 Å². The highest BCUT2D eigenvalue weighted by Crippen LogP contribution is 2.38. The van der Waals surface area contributed by atoms with E-state index in [1.54, 1.807) is 63.2 Å². The fraction of sp³-hybridized carbons (Fsp3) is 0.484. The van der Waals surface area contributed by atoms with E-state index in [1.165, 1.54) is 0 Å². The van der Waals surface area contributed by atoms with E-state index in [9.17, 15) is 29.4 Å². The van der Waals surface area contributed by atoms with Crippen LogP contribution in [-0.2, 0) is 36.9 Å². The van der Waals surface area contributed by atoms with Crippen molar-refractivity contribution in [2.24, 2.45) is 0 Å². The molecule has 3 rings (SSSR count). The van der Waals surface area contributed by atoms with E-state index in [0.717, 1.165) is 36.8 Å². The number of carboxylic acids is 1. The Balaban J connectivity index is 1.69. The number of carbonyl (C=O) groups excluding carboxylic acids is 3. The van der Waals surface area contributed by atoms with E-state index in [0.29, 0.717) is 5.56 Å². The number of nitrogens with one attached hydrogen (secondary N) is 2. The van der Waals surface area contributed by atoms with Gasteiger partial charge in [0.15, 0.2) is 0 Å². The highest BCUT2D eigenvalue weighted by Gasteiger charge is 2.29. The Morgan fingerprint density at radius 1 is 0.951 bits per heavy atom. The van der Waals surface area contributed by atoms with Crippen LogP contribution < -0.4 is 10.6 Å². The monoisotopic (exact) mass is 568 g/mol. The zero-order valence-corrected chi connectivity index (χ0v) is 23.9. The van der Waals surface area contributed by atoms with Crippen molar-refractivity contribution >= 4 is 23.9 Å². The lowest BCUT2D eigenvalue weighted by atomic mass is 9.93. The summed E-state index contributed by atoms with van der Waals surface area (Å²) in [6.07, 6.45) is 2.85. The molecule has 2 amide bonds. The van der Waals surface area contributed by atoms with Crippen molar-refractivity contribution in [3.63, 3.8) is 0 Å². The molecule has 2 atom stereocenters. The molecule has 2 aromatic rings. The van der Waals surface area contributed by atoms with E-state index in [1.807, 2.05) is 6.07 Å². The van der Waals surface area contributed by atoms with Gasteiger partial charge in [-0.1, -0.05) is 55.3 Å². The molecule has 41 heavy (non-hydrogen) atoms. The number of carboxylic acid groups (broad SMARTS) is 1. The minimum atomic E-state index is -1.31. The second kappa shape index (κ2) is 14.5. The zero-order chi connectivity index (χ0) is 30.0. The number of ether oxygens (including phenoxy) is 2. The fourth-order valence-electron chi connectivity index (χ4n) is 4.83. The molecule has 0 radical (unpaired) electrons. The molecular formula is C31H40N2O8. The number of aromatic hydroxyl groups is 1. The Bertz CT molecular complexity index is 1200. The summed E-state index contributed by atoms with van der Waals surface area (Å²) >= 11 is 0. The maximum absolute atomic E-state index is 13.2. The molecule has 2 aromatic carbocycles. The van der Waals surface area contributed by atoms with Crippen LogP contribution >= 0.6 is 0 Å². The molecule has 0 aromatic heterocycles. The summed E-state index contributed by atoms with van der Waals surface area (Å²) in [5.74, 6) is -2.19. The molecular weight excluding hydrogens is 528 g/mol. The topological polar surface area (TPSA) is 151 Å². The van der Waals surface area contributed by atoms with Gasteiger partial charge in [-0.2, -0.15) is 0 Å². The van der Waals surface area contributed by atoms with E-state index >= 15 is 0 Å². The smallest absolute Gasteiger partial charge is 0.408 e. The van der Waals surface area contributed by atoms with Gasteiger partial charge in [-0.05, 0) is 68.7 Å². The fourth-order valence-corrected chi connectivity index (χ4v) is 4.83. The summed E-state index contributed by atoms with van der Waals surface area (Å²) in [4.78, 5) is 50.2. The second-order valence-corrected chi connectivity index (χ2v) is 11.4. The number of hydrogen-bond donors (Lipinski definition) is 4. The Morgan fingerprint density at radius 2 is 1.63 bits per heavy atom. The molecule has 0 bridgehead atoms. The van der Waals surface area contributed by atoms with Crippen LogP contribution in [0.5, 0.6) is 5.75 Å². The molecule has 0 spiro atoms. The van der Waals surface area contributed by atoms with Gasteiger partial charge in [-0.15, -0.1) is 0 Å². The first kappa shape index (κ1) is 31.4. The highest BCUT2D eigenvalue weighted by atomic mass is 16.6. The van der Waals surface area contributed by atoms with E-state index in [2.05, 4.69) is 10.6 Å². The van der Waals surface area contributed by atoms with Gasteiger partial charge in [0, 0.05) is 12.8 Å². The van der Waals surface area contributed by atoms with Crippen molar-refractivity contribution in [3.05, 3.63) is 65.2 Å². The van der Waals surface area contributed by atoms with Gasteiger partial charge >= 0.3 is 18.0 Å². The molecule has 0 unspecified atom stereocenters. The number of amides is 2. The van der Waals surface area contributed by atoms with Gasteiger partial charge in [0.1, 0.15) is 30.0 Å². The minimum absolute atomic E-state index is 0.0295. The van der Waals surface area contributed by atoms with Crippen molar-refractivity contribution in [1.29, 1.82) is 0 Å². The molecule has 1 aliphatic carbocycles. The van der Waals surface area contributed by atoms with Gasteiger partial charge < -0.3 is 30.3 Å². The maximum Gasteiger partial charge on any atom is 0.408 e. The third-order valence-corrected chi connectivity index (χ3v) is 6.82. The lowest BCUT2D eigenvalue weighted by molar-refractivity contribution is -0.155. The first-order chi connectivity index (χ1) is 19.4. The summed E-state index contributed by atoms with van der Waals surface area (Å²) in [6, 6.07) is 11.4. The normalized spacial score (nSPS) is 15.0. The first-order valence-electron chi connectivity index (χ1n) is 14.0. The number of rotatable bonds is 12. The van der Waals surface area contributed by atoms with Crippen LogP contribution in [-0.4, -0.2) is 51.8 Å². The lowest BCUT2D eigenvalue weighted by Crippen LogP contribution is -2.52. The van der Waals surface area contributed by atoms with Crippen LogP contribution in [0.2, 0.25) is 0 Å². The summed E-state index contributed by atoms with van der Waals surface area (Å²) in [5, 5.41) is 25.2. The number of benzene rings is 2. The third kappa shape index (κ3) is 10.4. The van der Waals surface area contributed by atoms with Crippen LogP contribution in [0.25, 0.3) is 0 Å². The number of carbonyl (C=O) groups is 4. The number of phenolic OH excluding ortho intramolecular Hbond substituents is 1. The van der Waals surface area contributed by atoms with E-state index in [4.69, 9.17) is 9.47 Å². The van der Waals surface area contributed by atoms with Crippen LogP contribution in [0, 0.1) is 0 Å². The molecule has 222 valence electrons. The lowest BCUT2D eigenvalue weighted by Gasteiger charge is -2.23. The van der Waals surface area contributed by atoms with Crippen LogP contribution in [0.1, 0.15) is 81.9 Å². The van der Waals surface area contributed by atoms with E-state index < -0.39 is 41.6 Å². The average molecular weight is 569 g/mol. The van der Waals surface area contributed by atoms with Crippen LogP contribution in [0.4, 0.5) is 4.79 Å². The number of hydrogen-bond acceptors (Lipinski definition) is 7. The van der Waals surface area contributed by atoms with Gasteiger partial charge in [0.25, 0.3) is 0 Å². The second-order valence-electron chi connectivity index (χ2n) is 11.4. The van der Waals surface area contributed by atoms with Crippen molar-refractivity contribution in [2.45, 2.75) is 95.9 Å². The highest BCUT2D eigenvalue weighted by molar-refractivity contribution is 5.89. The van der Waals surface area contributed by atoms with Crippen molar-refractivity contribution in [1.82, 2.24) is 10.6 Å².